The first-order valence-electron chi connectivity index (χ1n) is 7.75. The molecular formula is C16H18N6. The van der Waals surface area contributed by atoms with Crippen LogP contribution in [-0.2, 0) is 19.5 Å². The van der Waals surface area contributed by atoms with E-state index in [2.05, 4.69) is 24.8 Å². The molecule has 0 saturated heterocycles. The van der Waals surface area contributed by atoms with Crippen LogP contribution in [0.5, 0.6) is 0 Å². The lowest BCUT2D eigenvalue weighted by Gasteiger charge is -2.09. The molecule has 0 atom stereocenters. The lowest BCUT2D eigenvalue weighted by molar-refractivity contribution is 0.571. The van der Waals surface area contributed by atoms with Crippen LogP contribution in [0.3, 0.4) is 0 Å². The van der Waals surface area contributed by atoms with Crippen molar-refractivity contribution in [3.8, 4) is 11.3 Å². The highest BCUT2D eigenvalue weighted by Gasteiger charge is 2.16. The molecule has 0 aliphatic carbocycles. The number of hydrogen-bond acceptors (Lipinski definition) is 4. The predicted octanol–water partition coefficient (Wildman–Crippen LogP) is 2.31. The van der Waals surface area contributed by atoms with Crippen LogP contribution in [0.2, 0.25) is 0 Å². The molecule has 4 heterocycles. The summed E-state index contributed by atoms with van der Waals surface area (Å²) in [4.78, 5) is 4.07. The van der Waals surface area contributed by atoms with Crippen molar-refractivity contribution in [3.63, 3.8) is 0 Å². The van der Waals surface area contributed by atoms with Gasteiger partial charge in [0, 0.05) is 37.1 Å². The molecular weight excluding hydrogens is 276 g/mol. The van der Waals surface area contributed by atoms with Gasteiger partial charge in [0.05, 0.1) is 5.69 Å². The van der Waals surface area contributed by atoms with E-state index in [0.29, 0.717) is 6.54 Å². The Morgan fingerprint density at radius 1 is 0.955 bits per heavy atom. The van der Waals surface area contributed by atoms with Crippen molar-refractivity contribution in [1.82, 2.24) is 29.5 Å². The standard InChI is InChI=1S/C16H18N6/c1-2-4-15-19-20-16(21(15)11-3-1)12-22-14(7-10-18-22)13-5-8-17-9-6-13/h5-10H,1-4,11-12H2. The number of pyridine rings is 1. The van der Waals surface area contributed by atoms with Crippen LogP contribution in [0.4, 0.5) is 0 Å². The van der Waals surface area contributed by atoms with Gasteiger partial charge in [0.25, 0.3) is 0 Å². The van der Waals surface area contributed by atoms with Gasteiger partial charge in [-0.3, -0.25) is 9.67 Å². The molecule has 6 nitrogen and oxygen atoms in total. The fourth-order valence-corrected chi connectivity index (χ4v) is 3.02. The fourth-order valence-electron chi connectivity index (χ4n) is 3.02. The number of aromatic nitrogens is 6. The van der Waals surface area contributed by atoms with Gasteiger partial charge >= 0.3 is 0 Å². The zero-order valence-corrected chi connectivity index (χ0v) is 12.4. The molecule has 0 unspecified atom stereocenters. The zero-order chi connectivity index (χ0) is 14.8. The molecule has 112 valence electrons. The van der Waals surface area contributed by atoms with E-state index in [4.69, 9.17) is 0 Å². The molecule has 1 aliphatic rings. The van der Waals surface area contributed by atoms with E-state index in [-0.39, 0.29) is 0 Å². The van der Waals surface area contributed by atoms with Gasteiger partial charge in [-0.05, 0) is 31.0 Å². The minimum Gasteiger partial charge on any atom is -0.313 e. The number of fused-ring (bicyclic) bond motifs is 1. The molecule has 0 fully saturated rings. The Balaban J connectivity index is 1.66. The Bertz CT molecular complexity index is 758. The molecule has 0 saturated carbocycles. The normalized spacial score (nSPS) is 14.5. The van der Waals surface area contributed by atoms with E-state index >= 15 is 0 Å². The van der Waals surface area contributed by atoms with Gasteiger partial charge in [0.2, 0.25) is 0 Å². The van der Waals surface area contributed by atoms with Crippen molar-refractivity contribution in [1.29, 1.82) is 0 Å². The van der Waals surface area contributed by atoms with Gasteiger partial charge in [0.15, 0.2) is 5.82 Å². The third kappa shape index (κ3) is 2.41. The average Bonchev–Trinajstić information content (AvgIpc) is 3.10. The summed E-state index contributed by atoms with van der Waals surface area (Å²) < 4.78 is 4.25. The van der Waals surface area contributed by atoms with E-state index in [1.54, 1.807) is 12.4 Å². The van der Waals surface area contributed by atoms with Crippen molar-refractivity contribution in [2.24, 2.45) is 0 Å². The van der Waals surface area contributed by atoms with Gasteiger partial charge in [-0.15, -0.1) is 10.2 Å². The second-order valence-electron chi connectivity index (χ2n) is 5.60. The molecule has 3 aromatic rings. The smallest absolute Gasteiger partial charge is 0.154 e. The Morgan fingerprint density at radius 3 is 2.77 bits per heavy atom. The van der Waals surface area contributed by atoms with Gasteiger partial charge in [-0.2, -0.15) is 5.10 Å². The zero-order valence-electron chi connectivity index (χ0n) is 12.4. The molecule has 6 heteroatoms. The molecule has 0 radical (unpaired) electrons. The monoisotopic (exact) mass is 294 g/mol. The van der Waals surface area contributed by atoms with E-state index in [9.17, 15) is 0 Å². The summed E-state index contributed by atoms with van der Waals surface area (Å²) >= 11 is 0. The fraction of sp³-hybridized carbons (Fsp3) is 0.375. The molecule has 1 aliphatic heterocycles. The molecule has 0 bridgehead atoms. The number of hydrogen-bond donors (Lipinski definition) is 0. The molecule has 0 amide bonds. The summed E-state index contributed by atoms with van der Waals surface area (Å²) in [5.41, 5.74) is 2.19. The third-order valence-electron chi connectivity index (χ3n) is 4.17. The number of rotatable bonds is 3. The number of nitrogens with zero attached hydrogens (tertiary/aromatic N) is 6. The van der Waals surface area contributed by atoms with Gasteiger partial charge in [0.1, 0.15) is 12.4 Å². The van der Waals surface area contributed by atoms with E-state index < -0.39 is 0 Å². The maximum atomic E-state index is 4.45. The van der Waals surface area contributed by atoms with Crippen LogP contribution < -0.4 is 0 Å². The second kappa shape index (κ2) is 5.71. The van der Waals surface area contributed by atoms with Crippen LogP contribution in [0.15, 0.2) is 36.8 Å². The summed E-state index contributed by atoms with van der Waals surface area (Å²) in [5.74, 6) is 2.11. The first kappa shape index (κ1) is 13.2. The maximum absolute atomic E-state index is 4.45. The molecule has 3 aromatic heterocycles. The van der Waals surface area contributed by atoms with Crippen molar-refractivity contribution >= 4 is 0 Å². The van der Waals surface area contributed by atoms with Gasteiger partial charge in [-0.25, -0.2) is 0 Å². The summed E-state index contributed by atoms with van der Waals surface area (Å²) in [6.45, 7) is 1.67. The van der Waals surface area contributed by atoms with Crippen LogP contribution >= 0.6 is 0 Å². The van der Waals surface area contributed by atoms with Crippen molar-refractivity contribution in [2.45, 2.75) is 38.8 Å². The Labute approximate surface area is 128 Å². The van der Waals surface area contributed by atoms with Gasteiger partial charge in [-0.1, -0.05) is 6.42 Å². The Morgan fingerprint density at radius 2 is 1.86 bits per heavy atom. The SMILES string of the molecule is c1cc(-c2ccnn2Cc2nnc3n2CCCCC3)ccn1. The molecule has 0 aromatic carbocycles. The molecule has 0 spiro atoms. The summed E-state index contributed by atoms with van der Waals surface area (Å²) in [6, 6.07) is 6.02. The van der Waals surface area contributed by atoms with Crippen molar-refractivity contribution in [3.05, 3.63) is 48.4 Å². The second-order valence-corrected chi connectivity index (χ2v) is 5.60. The van der Waals surface area contributed by atoms with Crippen LogP contribution in [0.25, 0.3) is 11.3 Å². The molecule has 4 rings (SSSR count). The van der Waals surface area contributed by atoms with E-state index in [1.165, 1.54) is 19.3 Å². The molecule has 22 heavy (non-hydrogen) atoms. The summed E-state index contributed by atoms with van der Waals surface area (Å²) in [6.07, 6.45) is 10.1. The summed E-state index contributed by atoms with van der Waals surface area (Å²) in [7, 11) is 0. The highest BCUT2D eigenvalue weighted by Crippen LogP contribution is 2.20. The average molecular weight is 294 g/mol. The molecule has 0 N–H and O–H groups in total. The minimum absolute atomic E-state index is 0.650. The van der Waals surface area contributed by atoms with Crippen LogP contribution in [0.1, 0.15) is 30.9 Å². The van der Waals surface area contributed by atoms with E-state index in [1.807, 2.05) is 29.1 Å². The Kier molecular flexibility index (Phi) is 3.42. The van der Waals surface area contributed by atoms with Gasteiger partial charge < -0.3 is 4.57 Å². The largest absolute Gasteiger partial charge is 0.313 e. The highest BCUT2D eigenvalue weighted by atomic mass is 15.3. The summed E-state index contributed by atoms with van der Waals surface area (Å²) in [5, 5.41) is 13.2. The number of aryl methyl sites for hydroxylation is 1. The topological polar surface area (TPSA) is 61.4 Å². The minimum atomic E-state index is 0.650. The third-order valence-corrected chi connectivity index (χ3v) is 4.17. The first-order chi connectivity index (χ1) is 10.9. The van der Waals surface area contributed by atoms with Crippen molar-refractivity contribution in [2.75, 3.05) is 0 Å². The quantitative estimate of drug-likeness (QED) is 0.743. The van der Waals surface area contributed by atoms with Crippen LogP contribution in [0, 0.1) is 0 Å². The highest BCUT2D eigenvalue weighted by molar-refractivity contribution is 5.58. The maximum Gasteiger partial charge on any atom is 0.154 e. The van der Waals surface area contributed by atoms with E-state index in [0.717, 1.165) is 35.9 Å². The van der Waals surface area contributed by atoms with Crippen LogP contribution in [-0.4, -0.2) is 29.5 Å². The van der Waals surface area contributed by atoms with Crippen molar-refractivity contribution < 1.29 is 0 Å². The first-order valence-corrected chi connectivity index (χ1v) is 7.75. The predicted molar refractivity (Wildman–Crippen MR) is 82.1 cm³/mol. The lowest BCUT2D eigenvalue weighted by Crippen LogP contribution is -2.12. The lowest BCUT2D eigenvalue weighted by atomic mass is 10.2. The Hall–Kier alpha value is -2.50.